The van der Waals surface area contributed by atoms with E-state index in [-0.39, 0.29) is 13.2 Å². The molecule has 0 radical (unpaired) electrons. The second-order valence-corrected chi connectivity index (χ2v) is 6.88. The van der Waals surface area contributed by atoms with E-state index in [1.54, 1.807) is 0 Å². The molecule has 3 N–H and O–H groups in total. The van der Waals surface area contributed by atoms with Crippen molar-refractivity contribution in [3.63, 3.8) is 0 Å². The molecule has 128 valence electrons. The van der Waals surface area contributed by atoms with Crippen molar-refractivity contribution in [1.82, 2.24) is 5.32 Å². The Hall–Kier alpha value is -2.20. The standard InChI is InChI=1S/C22H23NO2/c1-2-22(13-24,14-25)23-12-18-9-8-17-7-6-15-4-3-5-16-10-11-19(18)21(17)20(15)16/h3-11,23-25H,2,12-14H2,1H3. The van der Waals surface area contributed by atoms with E-state index in [1.165, 1.54) is 37.9 Å². The maximum absolute atomic E-state index is 9.67. The molecule has 0 fully saturated rings. The molecule has 0 unspecified atom stereocenters. The number of aliphatic hydroxyl groups is 2. The van der Waals surface area contributed by atoms with Crippen molar-refractivity contribution in [3.8, 4) is 0 Å². The predicted molar refractivity (Wildman–Crippen MR) is 104 cm³/mol. The average Bonchev–Trinajstić information content (AvgIpc) is 2.68. The van der Waals surface area contributed by atoms with Gasteiger partial charge in [0, 0.05) is 6.54 Å². The smallest absolute Gasteiger partial charge is 0.0648 e. The van der Waals surface area contributed by atoms with E-state index < -0.39 is 5.54 Å². The normalized spacial score (nSPS) is 12.6. The number of benzene rings is 4. The fourth-order valence-electron chi connectivity index (χ4n) is 3.74. The molecule has 0 bridgehead atoms. The van der Waals surface area contributed by atoms with Gasteiger partial charge in [0.05, 0.1) is 18.8 Å². The third kappa shape index (κ3) is 2.56. The van der Waals surface area contributed by atoms with Crippen molar-refractivity contribution in [2.45, 2.75) is 25.4 Å². The lowest BCUT2D eigenvalue weighted by Crippen LogP contribution is -2.50. The van der Waals surface area contributed by atoms with E-state index >= 15 is 0 Å². The SMILES string of the molecule is CCC(CO)(CO)NCc1ccc2ccc3cccc4ccc1c2c34. The highest BCUT2D eigenvalue weighted by Gasteiger charge is 2.25. The molecule has 0 saturated heterocycles. The predicted octanol–water partition coefficient (Wildman–Crippen LogP) is 3.81. The Kier molecular flexibility index (Phi) is 4.08. The average molecular weight is 333 g/mol. The van der Waals surface area contributed by atoms with Crippen molar-refractivity contribution in [1.29, 1.82) is 0 Å². The maximum atomic E-state index is 9.67. The molecular formula is C22H23NO2. The van der Waals surface area contributed by atoms with Gasteiger partial charge < -0.3 is 15.5 Å². The van der Waals surface area contributed by atoms with Crippen molar-refractivity contribution < 1.29 is 10.2 Å². The van der Waals surface area contributed by atoms with Crippen LogP contribution in [0.4, 0.5) is 0 Å². The molecule has 0 saturated carbocycles. The zero-order chi connectivity index (χ0) is 17.4. The molecule has 0 aliphatic rings. The first-order valence-electron chi connectivity index (χ1n) is 8.83. The topological polar surface area (TPSA) is 52.5 Å². The Balaban J connectivity index is 1.85. The van der Waals surface area contributed by atoms with Crippen LogP contribution in [0.3, 0.4) is 0 Å². The first-order chi connectivity index (χ1) is 12.2. The summed E-state index contributed by atoms with van der Waals surface area (Å²) < 4.78 is 0. The Morgan fingerprint density at radius 2 is 1.40 bits per heavy atom. The van der Waals surface area contributed by atoms with Gasteiger partial charge in [-0.05, 0) is 44.3 Å². The van der Waals surface area contributed by atoms with Crippen LogP contribution in [-0.2, 0) is 6.54 Å². The highest BCUT2D eigenvalue weighted by Crippen LogP contribution is 2.35. The number of hydrogen-bond donors (Lipinski definition) is 3. The molecule has 0 aliphatic heterocycles. The third-order valence-electron chi connectivity index (χ3n) is 5.55. The minimum atomic E-state index is -0.635. The lowest BCUT2D eigenvalue weighted by molar-refractivity contribution is 0.0865. The lowest BCUT2D eigenvalue weighted by atomic mass is 9.91. The molecule has 0 atom stereocenters. The zero-order valence-corrected chi connectivity index (χ0v) is 14.4. The summed E-state index contributed by atoms with van der Waals surface area (Å²) in [5.74, 6) is 0. The Morgan fingerprint density at radius 3 is 2.04 bits per heavy atom. The summed E-state index contributed by atoms with van der Waals surface area (Å²) in [4.78, 5) is 0. The molecule has 4 aromatic rings. The second-order valence-electron chi connectivity index (χ2n) is 6.88. The van der Waals surface area contributed by atoms with E-state index in [9.17, 15) is 10.2 Å². The second kappa shape index (κ2) is 6.26. The van der Waals surface area contributed by atoms with Crippen LogP contribution in [-0.4, -0.2) is 29.0 Å². The molecule has 4 aromatic carbocycles. The van der Waals surface area contributed by atoms with E-state index in [0.717, 1.165) is 0 Å². The van der Waals surface area contributed by atoms with Crippen molar-refractivity contribution in [3.05, 3.63) is 60.2 Å². The first-order valence-corrected chi connectivity index (χ1v) is 8.83. The third-order valence-corrected chi connectivity index (χ3v) is 5.55. The van der Waals surface area contributed by atoms with Crippen LogP contribution in [0.25, 0.3) is 32.3 Å². The molecule has 25 heavy (non-hydrogen) atoms. The van der Waals surface area contributed by atoms with Gasteiger partial charge >= 0.3 is 0 Å². The van der Waals surface area contributed by atoms with Crippen molar-refractivity contribution in [2.75, 3.05) is 13.2 Å². The summed E-state index contributed by atoms with van der Waals surface area (Å²) in [5.41, 5.74) is 0.551. The zero-order valence-electron chi connectivity index (χ0n) is 14.4. The van der Waals surface area contributed by atoms with Gasteiger partial charge in [-0.1, -0.05) is 61.5 Å². The highest BCUT2D eigenvalue weighted by atomic mass is 16.3. The maximum Gasteiger partial charge on any atom is 0.0648 e. The van der Waals surface area contributed by atoms with E-state index in [0.29, 0.717) is 13.0 Å². The number of rotatable bonds is 6. The molecular weight excluding hydrogens is 310 g/mol. The fourth-order valence-corrected chi connectivity index (χ4v) is 3.74. The first kappa shape index (κ1) is 16.3. The molecule has 3 nitrogen and oxygen atoms in total. The summed E-state index contributed by atoms with van der Waals surface area (Å²) in [5, 5.41) is 30.3. The van der Waals surface area contributed by atoms with Gasteiger partial charge in [-0.15, -0.1) is 0 Å². The van der Waals surface area contributed by atoms with Gasteiger partial charge in [0.25, 0.3) is 0 Å². The van der Waals surface area contributed by atoms with Crippen LogP contribution >= 0.6 is 0 Å². The summed E-state index contributed by atoms with van der Waals surface area (Å²) in [6.07, 6.45) is 0.672. The summed E-state index contributed by atoms with van der Waals surface area (Å²) in [6, 6.07) is 19.5. The molecule has 0 heterocycles. The van der Waals surface area contributed by atoms with Gasteiger partial charge in [-0.3, -0.25) is 0 Å². The highest BCUT2D eigenvalue weighted by molar-refractivity contribution is 6.23. The molecule has 0 spiro atoms. The van der Waals surface area contributed by atoms with E-state index in [1.807, 2.05) is 6.92 Å². The minimum absolute atomic E-state index is 0.0775. The number of aliphatic hydroxyl groups excluding tert-OH is 2. The van der Waals surface area contributed by atoms with E-state index in [2.05, 4.69) is 59.9 Å². The summed E-state index contributed by atoms with van der Waals surface area (Å²) in [6.45, 7) is 2.43. The van der Waals surface area contributed by atoms with Crippen LogP contribution < -0.4 is 5.32 Å². The van der Waals surface area contributed by atoms with Crippen LogP contribution in [0.1, 0.15) is 18.9 Å². The Bertz CT molecular complexity index is 996. The molecule has 0 aromatic heterocycles. The lowest BCUT2D eigenvalue weighted by Gasteiger charge is -2.30. The van der Waals surface area contributed by atoms with Crippen LogP contribution in [0, 0.1) is 0 Å². The van der Waals surface area contributed by atoms with Crippen molar-refractivity contribution in [2.24, 2.45) is 0 Å². The fraction of sp³-hybridized carbons (Fsp3) is 0.273. The summed E-state index contributed by atoms with van der Waals surface area (Å²) in [7, 11) is 0. The van der Waals surface area contributed by atoms with Crippen molar-refractivity contribution >= 4 is 32.3 Å². The van der Waals surface area contributed by atoms with Gasteiger partial charge in [-0.25, -0.2) is 0 Å². The molecule has 0 aliphatic carbocycles. The number of nitrogens with one attached hydrogen (secondary N) is 1. The summed E-state index contributed by atoms with van der Waals surface area (Å²) >= 11 is 0. The van der Waals surface area contributed by atoms with Gasteiger partial charge in [0.2, 0.25) is 0 Å². The van der Waals surface area contributed by atoms with Crippen LogP contribution in [0.2, 0.25) is 0 Å². The van der Waals surface area contributed by atoms with Gasteiger partial charge in [0.15, 0.2) is 0 Å². The minimum Gasteiger partial charge on any atom is -0.394 e. The monoisotopic (exact) mass is 333 g/mol. The van der Waals surface area contributed by atoms with Crippen LogP contribution in [0.5, 0.6) is 0 Å². The molecule has 3 heteroatoms. The molecule has 4 rings (SSSR count). The largest absolute Gasteiger partial charge is 0.394 e. The Labute approximate surface area is 147 Å². The van der Waals surface area contributed by atoms with Gasteiger partial charge in [-0.2, -0.15) is 0 Å². The van der Waals surface area contributed by atoms with Gasteiger partial charge in [0.1, 0.15) is 0 Å². The number of hydrogen-bond acceptors (Lipinski definition) is 3. The quantitative estimate of drug-likeness (QED) is 0.470. The van der Waals surface area contributed by atoms with Crippen LogP contribution in [0.15, 0.2) is 54.6 Å². The van der Waals surface area contributed by atoms with E-state index in [4.69, 9.17) is 0 Å². The Morgan fingerprint density at radius 1 is 0.800 bits per heavy atom. The molecule has 0 amide bonds.